The summed E-state index contributed by atoms with van der Waals surface area (Å²) in [5.41, 5.74) is 0. The zero-order valence-corrected chi connectivity index (χ0v) is 13.1. The summed E-state index contributed by atoms with van der Waals surface area (Å²) in [5.74, 6) is 0. The molecule has 0 aliphatic carbocycles. The van der Waals surface area contributed by atoms with Gasteiger partial charge in [-0.15, -0.1) is 0 Å². The van der Waals surface area contributed by atoms with Gasteiger partial charge in [0, 0.05) is 0 Å². The van der Waals surface area contributed by atoms with Gasteiger partial charge in [-0.2, -0.15) is 0 Å². The molecule has 0 amide bonds. The number of hydrogen-bond acceptors (Lipinski definition) is 1. The van der Waals surface area contributed by atoms with Gasteiger partial charge in [0.05, 0.1) is 0 Å². The molecule has 0 radical (unpaired) electrons. The van der Waals surface area contributed by atoms with Crippen LogP contribution in [0.4, 0.5) is 0 Å². The number of nitrogens with one attached hydrogen (secondary N) is 1. The molecule has 0 atom stereocenters. The van der Waals surface area contributed by atoms with Crippen LogP contribution in [0.2, 0.25) is 0 Å². The van der Waals surface area contributed by atoms with Crippen molar-refractivity contribution in [3.8, 4) is 0 Å². The van der Waals surface area contributed by atoms with Gasteiger partial charge in [0.1, 0.15) is 0 Å². The van der Waals surface area contributed by atoms with Crippen LogP contribution in [0.5, 0.6) is 0 Å². The molecular weight excluding hydrogens is 254 g/mol. The fraction of sp³-hybridized carbons (Fsp3) is 0.300. The van der Waals surface area contributed by atoms with Gasteiger partial charge in [0.15, 0.2) is 0 Å². The van der Waals surface area contributed by atoms with Crippen LogP contribution in [-0.2, 0) is 0 Å². The smallest absolute Gasteiger partial charge is 0.00516 e. The predicted molar refractivity (Wildman–Crippen MR) is 94.9 cm³/mol. The minimum absolute atomic E-state index is 1.17. The van der Waals surface area contributed by atoms with Crippen molar-refractivity contribution in [1.82, 2.24) is 5.32 Å². The van der Waals surface area contributed by atoms with Gasteiger partial charge < -0.3 is 5.32 Å². The quantitative estimate of drug-likeness (QED) is 0.499. The first-order valence-electron chi connectivity index (χ1n) is 7.93. The fourth-order valence-electron chi connectivity index (χ4n) is 2.36. The molecule has 3 aromatic rings. The molecule has 110 valence electrons. The highest BCUT2D eigenvalue weighted by Crippen LogP contribution is 2.21. The fourth-order valence-corrected chi connectivity index (χ4v) is 2.36. The molecule has 21 heavy (non-hydrogen) atoms. The summed E-state index contributed by atoms with van der Waals surface area (Å²) < 4.78 is 0. The first-order chi connectivity index (χ1) is 10.3. The molecule has 0 heterocycles. The number of rotatable bonds is 4. The zero-order valence-electron chi connectivity index (χ0n) is 13.1. The van der Waals surface area contributed by atoms with Gasteiger partial charge >= 0.3 is 0 Å². The van der Waals surface area contributed by atoms with E-state index in [0.717, 1.165) is 0 Å². The van der Waals surface area contributed by atoms with Crippen molar-refractivity contribution in [2.45, 2.75) is 26.7 Å². The van der Waals surface area contributed by atoms with E-state index in [4.69, 9.17) is 0 Å². The molecule has 1 heteroatoms. The number of hydrogen-bond donors (Lipinski definition) is 1. The van der Waals surface area contributed by atoms with Gasteiger partial charge in [-0.25, -0.2) is 0 Å². The van der Waals surface area contributed by atoms with Crippen LogP contribution < -0.4 is 5.32 Å². The van der Waals surface area contributed by atoms with Crippen molar-refractivity contribution < 1.29 is 0 Å². The van der Waals surface area contributed by atoms with Gasteiger partial charge in [0.2, 0.25) is 0 Å². The second kappa shape index (κ2) is 8.43. The van der Waals surface area contributed by atoms with E-state index in [-0.39, 0.29) is 0 Å². The van der Waals surface area contributed by atoms with Crippen molar-refractivity contribution >= 4 is 21.5 Å². The summed E-state index contributed by atoms with van der Waals surface area (Å²) in [4.78, 5) is 0. The largest absolute Gasteiger partial charge is 0.317 e. The maximum atomic E-state index is 3.28. The van der Waals surface area contributed by atoms with E-state index in [9.17, 15) is 0 Å². The topological polar surface area (TPSA) is 12.0 Å². The van der Waals surface area contributed by atoms with E-state index in [1.807, 2.05) is 0 Å². The van der Waals surface area contributed by atoms with Crippen LogP contribution in [0, 0.1) is 0 Å². The molecule has 0 saturated carbocycles. The van der Waals surface area contributed by atoms with Crippen molar-refractivity contribution in [2.24, 2.45) is 0 Å². The Balaban J connectivity index is 0.000000199. The van der Waals surface area contributed by atoms with E-state index < -0.39 is 0 Å². The average Bonchev–Trinajstić information content (AvgIpc) is 2.54. The molecule has 0 aliphatic rings. The van der Waals surface area contributed by atoms with Crippen molar-refractivity contribution in [1.29, 1.82) is 0 Å². The molecule has 3 aromatic carbocycles. The summed E-state index contributed by atoms with van der Waals surface area (Å²) in [6.45, 7) is 6.72. The molecule has 3 rings (SSSR count). The molecule has 0 aliphatic heterocycles. The lowest BCUT2D eigenvalue weighted by atomic mass is 10.0. The highest BCUT2D eigenvalue weighted by Gasteiger charge is 1.95. The van der Waals surface area contributed by atoms with E-state index >= 15 is 0 Å². The van der Waals surface area contributed by atoms with E-state index in [1.54, 1.807) is 0 Å². The summed E-state index contributed by atoms with van der Waals surface area (Å²) in [6.07, 6.45) is 2.50. The van der Waals surface area contributed by atoms with Gasteiger partial charge in [-0.3, -0.25) is 0 Å². The third-order valence-corrected chi connectivity index (χ3v) is 3.47. The van der Waals surface area contributed by atoms with E-state index in [0.29, 0.717) is 0 Å². The minimum atomic E-state index is 1.17. The van der Waals surface area contributed by atoms with E-state index in [1.165, 1.54) is 47.5 Å². The first kappa shape index (κ1) is 15.5. The Morgan fingerprint density at radius 2 is 0.952 bits per heavy atom. The van der Waals surface area contributed by atoms with E-state index in [2.05, 4.69) is 79.8 Å². The summed E-state index contributed by atoms with van der Waals surface area (Å²) >= 11 is 0. The summed E-state index contributed by atoms with van der Waals surface area (Å²) in [6, 6.07) is 21.4. The third kappa shape index (κ3) is 4.57. The molecular formula is C20H25N. The standard InChI is InChI=1S/C14H10.C6H15N/c1-2-6-12-10-14-8-4-3-7-13(14)9-11(12)5-1;1-3-5-7-6-4-2/h1-10H;7H,3-6H2,1-2H3. The maximum Gasteiger partial charge on any atom is -0.00516 e. The predicted octanol–water partition coefficient (Wildman–Crippen LogP) is 5.39. The van der Waals surface area contributed by atoms with Crippen LogP contribution >= 0.6 is 0 Å². The number of fused-ring (bicyclic) bond motifs is 2. The molecule has 0 aromatic heterocycles. The average molecular weight is 279 g/mol. The monoisotopic (exact) mass is 279 g/mol. The summed E-state index contributed by atoms with van der Waals surface area (Å²) in [5, 5.41) is 8.53. The summed E-state index contributed by atoms with van der Waals surface area (Å²) in [7, 11) is 0. The normalized spacial score (nSPS) is 10.4. The minimum Gasteiger partial charge on any atom is -0.317 e. The first-order valence-corrected chi connectivity index (χ1v) is 7.93. The Hall–Kier alpha value is -1.86. The second-order valence-corrected chi connectivity index (χ2v) is 5.30. The molecule has 1 nitrogen and oxygen atoms in total. The second-order valence-electron chi connectivity index (χ2n) is 5.30. The Morgan fingerprint density at radius 3 is 1.24 bits per heavy atom. The van der Waals surface area contributed by atoms with Crippen molar-refractivity contribution in [3.63, 3.8) is 0 Å². The lowest BCUT2D eigenvalue weighted by Crippen LogP contribution is -2.14. The Bertz CT molecular complexity index is 564. The molecule has 0 unspecified atom stereocenters. The Labute approximate surface area is 128 Å². The maximum absolute atomic E-state index is 3.28. The molecule has 0 fully saturated rings. The highest BCUT2D eigenvalue weighted by molar-refractivity contribution is 5.98. The number of benzene rings is 3. The zero-order chi connectivity index (χ0) is 14.9. The molecule has 0 bridgehead atoms. The highest BCUT2D eigenvalue weighted by atomic mass is 14.8. The molecule has 0 saturated heterocycles. The molecule has 0 spiro atoms. The van der Waals surface area contributed by atoms with Crippen LogP contribution in [-0.4, -0.2) is 13.1 Å². The van der Waals surface area contributed by atoms with Gasteiger partial charge in [0.25, 0.3) is 0 Å². The van der Waals surface area contributed by atoms with Crippen LogP contribution in [0.15, 0.2) is 60.7 Å². The van der Waals surface area contributed by atoms with Crippen LogP contribution in [0.1, 0.15) is 26.7 Å². The van der Waals surface area contributed by atoms with Gasteiger partial charge in [-0.1, -0.05) is 62.4 Å². The van der Waals surface area contributed by atoms with Gasteiger partial charge in [-0.05, 0) is 59.6 Å². The van der Waals surface area contributed by atoms with Crippen LogP contribution in [0.25, 0.3) is 21.5 Å². The van der Waals surface area contributed by atoms with Crippen molar-refractivity contribution in [3.05, 3.63) is 60.7 Å². The van der Waals surface area contributed by atoms with Crippen molar-refractivity contribution in [2.75, 3.05) is 13.1 Å². The SMILES string of the molecule is CCCNCCC.c1ccc2cc3ccccc3cc2c1. The Kier molecular flexibility index (Phi) is 6.23. The Morgan fingerprint density at radius 1 is 0.619 bits per heavy atom. The van der Waals surface area contributed by atoms with Crippen LogP contribution in [0.3, 0.4) is 0 Å². The molecule has 1 N–H and O–H groups in total. The lowest BCUT2D eigenvalue weighted by molar-refractivity contribution is 0.662. The third-order valence-electron chi connectivity index (χ3n) is 3.47. The lowest BCUT2D eigenvalue weighted by Gasteiger charge is -2.00.